The minimum Gasteiger partial charge on any atom is -0.497 e. The maximum atomic E-state index is 12.6. The quantitative estimate of drug-likeness (QED) is 0.321. The van der Waals surface area contributed by atoms with Crippen LogP contribution in [0.4, 0.5) is 0 Å². The van der Waals surface area contributed by atoms with E-state index in [1.54, 1.807) is 49.6 Å². The second-order valence-electron chi connectivity index (χ2n) is 6.83. The summed E-state index contributed by atoms with van der Waals surface area (Å²) in [7, 11) is -1.77. The average Bonchev–Trinajstić information content (AvgIpc) is 3.24. The molecule has 0 aliphatic heterocycles. The Morgan fingerprint density at radius 3 is 2.44 bits per heavy atom. The van der Waals surface area contributed by atoms with Gasteiger partial charge in [-0.1, -0.05) is 53.7 Å². The summed E-state index contributed by atoms with van der Waals surface area (Å²) < 4.78 is 32.5. The number of hydrogen-bond acceptors (Lipinski definition) is 6. The number of thioether (sulfide) groups is 1. The molecule has 0 atom stereocenters. The van der Waals surface area contributed by atoms with Crippen LogP contribution in [-0.2, 0) is 9.84 Å². The van der Waals surface area contributed by atoms with E-state index in [9.17, 15) is 8.42 Å². The molecule has 1 heterocycles. The average molecular weight is 486 g/mol. The Kier molecular flexibility index (Phi) is 6.83. The molecule has 32 heavy (non-hydrogen) atoms. The number of methoxy groups -OCH3 is 1. The van der Waals surface area contributed by atoms with Crippen LogP contribution in [0.1, 0.15) is 0 Å². The lowest BCUT2D eigenvalue weighted by atomic mass is 10.2. The Labute approximate surface area is 196 Å². The van der Waals surface area contributed by atoms with Crippen LogP contribution in [0.5, 0.6) is 5.75 Å². The molecule has 0 amide bonds. The molecule has 0 N–H and O–H groups in total. The van der Waals surface area contributed by atoms with Crippen molar-refractivity contribution in [2.75, 3.05) is 18.6 Å². The van der Waals surface area contributed by atoms with Crippen LogP contribution in [0.25, 0.3) is 17.1 Å². The first-order valence-corrected chi connectivity index (χ1v) is 12.8. The molecule has 164 valence electrons. The highest BCUT2D eigenvalue weighted by Gasteiger charge is 2.19. The van der Waals surface area contributed by atoms with E-state index in [0.717, 1.165) is 11.3 Å². The van der Waals surface area contributed by atoms with E-state index in [1.165, 1.54) is 11.8 Å². The lowest BCUT2D eigenvalue weighted by molar-refractivity contribution is 0.415. The van der Waals surface area contributed by atoms with Gasteiger partial charge >= 0.3 is 0 Å². The number of halogens is 1. The van der Waals surface area contributed by atoms with Crippen molar-refractivity contribution in [2.45, 2.75) is 10.1 Å². The van der Waals surface area contributed by atoms with E-state index in [1.807, 2.05) is 41.0 Å². The molecule has 3 aromatic carbocycles. The first kappa shape index (κ1) is 22.4. The lowest BCUT2D eigenvalue weighted by Crippen LogP contribution is -2.09. The molecule has 9 heteroatoms. The van der Waals surface area contributed by atoms with E-state index in [2.05, 4.69) is 10.2 Å². The first-order valence-electron chi connectivity index (χ1n) is 9.74. The van der Waals surface area contributed by atoms with Gasteiger partial charge in [0, 0.05) is 22.0 Å². The van der Waals surface area contributed by atoms with Crippen LogP contribution in [0, 0.1) is 0 Å². The van der Waals surface area contributed by atoms with Crippen LogP contribution in [0.3, 0.4) is 0 Å². The molecule has 0 radical (unpaired) electrons. The van der Waals surface area contributed by atoms with Crippen LogP contribution in [0.2, 0.25) is 5.02 Å². The summed E-state index contributed by atoms with van der Waals surface area (Å²) in [4.78, 5) is 0.317. The van der Waals surface area contributed by atoms with Gasteiger partial charge in [0.2, 0.25) is 0 Å². The molecule has 0 spiro atoms. The Morgan fingerprint density at radius 1 is 0.969 bits per heavy atom. The summed E-state index contributed by atoms with van der Waals surface area (Å²) in [5.41, 5.74) is 1.65. The second kappa shape index (κ2) is 9.77. The molecule has 0 unspecified atom stereocenters. The molecule has 0 aliphatic carbocycles. The number of sulfone groups is 1. The van der Waals surface area contributed by atoms with Crippen molar-refractivity contribution in [3.63, 3.8) is 0 Å². The zero-order chi connectivity index (χ0) is 22.6. The van der Waals surface area contributed by atoms with E-state index >= 15 is 0 Å². The van der Waals surface area contributed by atoms with Crippen molar-refractivity contribution in [3.05, 3.63) is 83.9 Å². The Bertz CT molecular complexity index is 1310. The van der Waals surface area contributed by atoms with Crippen molar-refractivity contribution in [1.82, 2.24) is 14.8 Å². The minimum atomic E-state index is -3.38. The second-order valence-corrected chi connectivity index (χ2v) is 10.4. The number of benzene rings is 3. The van der Waals surface area contributed by atoms with Crippen LogP contribution >= 0.6 is 23.4 Å². The molecular formula is C23H20ClN3O3S2. The van der Waals surface area contributed by atoms with Gasteiger partial charge < -0.3 is 4.74 Å². The van der Waals surface area contributed by atoms with E-state index in [-0.39, 0.29) is 5.75 Å². The van der Waals surface area contributed by atoms with Gasteiger partial charge in [0.1, 0.15) is 5.75 Å². The van der Waals surface area contributed by atoms with Gasteiger partial charge in [0.25, 0.3) is 0 Å². The number of ether oxygens (including phenoxy) is 1. The fourth-order valence-corrected chi connectivity index (χ4v) is 5.87. The highest BCUT2D eigenvalue weighted by molar-refractivity contribution is 8.00. The van der Waals surface area contributed by atoms with E-state index in [0.29, 0.717) is 32.4 Å². The number of nitrogens with zero attached hydrogens (tertiary/aromatic N) is 3. The van der Waals surface area contributed by atoms with Crippen molar-refractivity contribution in [2.24, 2.45) is 0 Å². The molecule has 0 bridgehead atoms. The van der Waals surface area contributed by atoms with Crippen molar-refractivity contribution in [1.29, 1.82) is 0 Å². The summed E-state index contributed by atoms with van der Waals surface area (Å²) in [5, 5.41) is 9.94. The fourth-order valence-electron chi connectivity index (χ4n) is 3.12. The standard InChI is InChI=1S/C23H20ClN3O3S2/c1-30-20-7-5-6-17(16-20)22-25-26-23(27(22)19-12-10-18(24)11-13-19)31-14-15-32(28,29)21-8-3-2-4-9-21/h2-13,16H,14-15H2,1H3. The van der Waals surface area contributed by atoms with Gasteiger partial charge in [-0.05, 0) is 48.5 Å². The molecular weight excluding hydrogens is 466 g/mol. The Hall–Kier alpha value is -2.81. The van der Waals surface area contributed by atoms with Gasteiger partial charge in [-0.2, -0.15) is 0 Å². The largest absolute Gasteiger partial charge is 0.497 e. The van der Waals surface area contributed by atoms with E-state index < -0.39 is 9.84 Å². The normalized spacial score (nSPS) is 11.4. The van der Waals surface area contributed by atoms with Gasteiger partial charge in [0.05, 0.1) is 17.8 Å². The van der Waals surface area contributed by atoms with Crippen molar-refractivity contribution in [3.8, 4) is 22.8 Å². The summed E-state index contributed by atoms with van der Waals surface area (Å²) >= 11 is 7.41. The van der Waals surface area contributed by atoms with Crippen molar-refractivity contribution >= 4 is 33.2 Å². The third kappa shape index (κ3) is 4.98. The number of rotatable bonds is 8. The first-order chi connectivity index (χ1) is 15.5. The monoisotopic (exact) mass is 485 g/mol. The highest BCUT2D eigenvalue weighted by Crippen LogP contribution is 2.30. The summed E-state index contributed by atoms with van der Waals surface area (Å²) in [6, 6.07) is 23.3. The molecule has 0 saturated carbocycles. The van der Waals surface area contributed by atoms with E-state index in [4.69, 9.17) is 16.3 Å². The highest BCUT2D eigenvalue weighted by atomic mass is 35.5. The Balaban J connectivity index is 1.65. The molecule has 4 rings (SSSR count). The fraction of sp³-hybridized carbons (Fsp3) is 0.130. The number of aromatic nitrogens is 3. The summed E-state index contributed by atoms with van der Waals surface area (Å²) in [6.07, 6.45) is 0. The Morgan fingerprint density at radius 2 is 1.72 bits per heavy atom. The predicted molar refractivity (Wildman–Crippen MR) is 128 cm³/mol. The van der Waals surface area contributed by atoms with Gasteiger partial charge in [-0.25, -0.2) is 8.42 Å². The third-order valence-electron chi connectivity index (χ3n) is 4.73. The SMILES string of the molecule is COc1cccc(-c2nnc(SCCS(=O)(=O)c3ccccc3)n2-c2ccc(Cl)cc2)c1. The van der Waals surface area contributed by atoms with Crippen LogP contribution in [-0.4, -0.2) is 41.8 Å². The molecule has 1 aromatic heterocycles. The van der Waals surface area contributed by atoms with Crippen LogP contribution < -0.4 is 4.74 Å². The topological polar surface area (TPSA) is 74.1 Å². The lowest BCUT2D eigenvalue weighted by Gasteiger charge is -2.11. The van der Waals surface area contributed by atoms with Gasteiger partial charge in [-0.15, -0.1) is 10.2 Å². The molecule has 0 fully saturated rings. The molecule has 0 saturated heterocycles. The maximum Gasteiger partial charge on any atom is 0.196 e. The molecule has 6 nitrogen and oxygen atoms in total. The van der Waals surface area contributed by atoms with Crippen molar-refractivity contribution < 1.29 is 13.2 Å². The minimum absolute atomic E-state index is 0.0103. The number of hydrogen-bond donors (Lipinski definition) is 0. The summed E-state index contributed by atoms with van der Waals surface area (Å²) in [5.74, 6) is 1.65. The summed E-state index contributed by atoms with van der Waals surface area (Å²) in [6.45, 7) is 0. The third-order valence-corrected chi connectivity index (χ3v) is 7.90. The molecule has 4 aromatic rings. The van der Waals surface area contributed by atoms with Crippen LogP contribution in [0.15, 0.2) is 88.9 Å². The van der Waals surface area contributed by atoms with Gasteiger partial charge in [0.15, 0.2) is 20.8 Å². The molecule has 0 aliphatic rings. The van der Waals surface area contributed by atoms with Gasteiger partial charge in [-0.3, -0.25) is 4.57 Å². The maximum absolute atomic E-state index is 12.6. The predicted octanol–water partition coefficient (Wildman–Crippen LogP) is 5.16. The zero-order valence-corrected chi connectivity index (χ0v) is 19.6. The smallest absolute Gasteiger partial charge is 0.196 e. The zero-order valence-electron chi connectivity index (χ0n) is 17.2.